The highest BCUT2D eigenvalue weighted by Crippen LogP contribution is 2.01. The van der Waals surface area contributed by atoms with E-state index in [4.69, 9.17) is 4.74 Å². The molecule has 1 N–H and O–H groups in total. The Morgan fingerprint density at radius 3 is 2.47 bits per heavy atom. The lowest BCUT2D eigenvalue weighted by atomic mass is 10.2. The summed E-state index contributed by atoms with van der Waals surface area (Å²) in [5.74, 6) is 0. The lowest BCUT2D eigenvalue weighted by Gasteiger charge is -2.26. The van der Waals surface area contributed by atoms with Crippen LogP contribution in [0.15, 0.2) is 0 Å². The predicted molar refractivity (Wildman–Crippen MR) is 66.4 cm³/mol. The van der Waals surface area contributed by atoms with Crippen LogP contribution in [0.25, 0.3) is 0 Å². The molecule has 0 spiro atoms. The molecule has 0 aromatic rings. The van der Waals surface area contributed by atoms with Gasteiger partial charge in [-0.3, -0.25) is 4.90 Å². The molecule has 0 aromatic carbocycles. The standard InChI is InChI=1S/C12H28N2O/c1-5-12(4)14(6-2)10-8-13-9-11-15-7-3/h12-13H,5-11H2,1-4H3. The van der Waals surface area contributed by atoms with Crippen LogP contribution in [0.5, 0.6) is 0 Å². The Kier molecular flexibility index (Phi) is 10.3. The van der Waals surface area contributed by atoms with E-state index in [0.29, 0.717) is 6.04 Å². The van der Waals surface area contributed by atoms with Crippen LogP contribution in [0.3, 0.4) is 0 Å². The van der Waals surface area contributed by atoms with Gasteiger partial charge >= 0.3 is 0 Å². The van der Waals surface area contributed by atoms with Crippen LogP contribution in [0.2, 0.25) is 0 Å². The molecule has 0 saturated heterocycles. The Bertz CT molecular complexity index is 131. The van der Waals surface area contributed by atoms with E-state index in [-0.39, 0.29) is 0 Å². The zero-order valence-electron chi connectivity index (χ0n) is 10.9. The molecule has 3 heteroatoms. The van der Waals surface area contributed by atoms with Gasteiger partial charge in [-0.05, 0) is 26.8 Å². The van der Waals surface area contributed by atoms with Crippen molar-refractivity contribution in [1.29, 1.82) is 0 Å². The zero-order valence-corrected chi connectivity index (χ0v) is 10.9. The van der Waals surface area contributed by atoms with Gasteiger partial charge in [-0.25, -0.2) is 0 Å². The molecule has 92 valence electrons. The molecule has 0 bridgehead atoms. The van der Waals surface area contributed by atoms with Gasteiger partial charge < -0.3 is 10.1 Å². The smallest absolute Gasteiger partial charge is 0.0590 e. The molecule has 0 radical (unpaired) electrons. The highest BCUT2D eigenvalue weighted by atomic mass is 16.5. The van der Waals surface area contributed by atoms with Crippen molar-refractivity contribution in [3.8, 4) is 0 Å². The summed E-state index contributed by atoms with van der Waals surface area (Å²) < 4.78 is 5.26. The normalized spacial score (nSPS) is 13.4. The summed E-state index contributed by atoms with van der Waals surface area (Å²) in [6.45, 7) is 14.7. The maximum Gasteiger partial charge on any atom is 0.0590 e. The average Bonchev–Trinajstić information content (AvgIpc) is 2.27. The first-order valence-electron chi connectivity index (χ1n) is 6.28. The summed E-state index contributed by atoms with van der Waals surface area (Å²) in [6.07, 6.45) is 1.23. The van der Waals surface area contributed by atoms with Crippen molar-refractivity contribution in [2.24, 2.45) is 0 Å². The summed E-state index contributed by atoms with van der Waals surface area (Å²) in [5.41, 5.74) is 0. The van der Waals surface area contributed by atoms with Crippen LogP contribution in [0.4, 0.5) is 0 Å². The molecular formula is C12H28N2O. The van der Waals surface area contributed by atoms with Crippen molar-refractivity contribution in [3.05, 3.63) is 0 Å². The van der Waals surface area contributed by atoms with Crippen molar-refractivity contribution < 1.29 is 4.74 Å². The van der Waals surface area contributed by atoms with E-state index < -0.39 is 0 Å². The fraction of sp³-hybridized carbons (Fsp3) is 1.00. The molecular weight excluding hydrogens is 188 g/mol. The Hall–Kier alpha value is -0.120. The maximum absolute atomic E-state index is 5.26. The van der Waals surface area contributed by atoms with Crippen molar-refractivity contribution in [3.63, 3.8) is 0 Å². The average molecular weight is 216 g/mol. The predicted octanol–water partition coefficient (Wildman–Crippen LogP) is 1.73. The van der Waals surface area contributed by atoms with Crippen LogP contribution in [-0.4, -0.2) is 50.3 Å². The first kappa shape index (κ1) is 14.9. The molecule has 0 amide bonds. The molecule has 15 heavy (non-hydrogen) atoms. The molecule has 1 unspecified atom stereocenters. The Morgan fingerprint density at radius 2 is 1.93 bits per heavy atom. The molecule has 0 aliphatic carbocycles. The number of rotatable bonds is 10. The molecule has 0 aliphatic heterocycles. The minimum Gasteiger partial charge on any atom is -0.380 e. The van der Waals surface area contributed by atoms with Crippen molar-refractivity contribution in [1.82, 2.24) is 10.2 Å². The van der Waals surface area contributed by atoms with Crippen molar-refractivity contribution in [2.75, 3.05) is 39.4 Å². The zero-order chi connectivity index (χ0) is 11.5. The number of hydrogen-bond donors (Lipinski definition) is 1. The summed E-state index contributed by atoms with van der Waals surface area (Å²) in [7, 11) is 0. The Morgan fingerprint density at radius 1 is 1.20 bits per heavy atom. The molecule has 0 rings (SSSR count). The van der Waals surface area contributed by atoms with Gasteiger partial charge in [0.15, 0.2) is 0 Å². The number of hydrogen-bond acceptors (Lipinski definition) is 3. The van der Waals surface area contributed by atoms with Gasteiger partial charge in [0.1, 0.15) is 0 Å². The van der Waals surface area contributed by atoms with Crippen LogP contribution in [-0.2, 0) is 4.74 Å². The summed E-state index contributed by atoms with van der Waals surface area (Å²) >= 11 is 0. The molecule has 0 aromatic heterocycles. The maximum atomic E-state index is 5.26. The van der Waals surface area contributed by atoms with Gasteiger partial charge in [0.25, 0.3) is 0 Å². The highest BCUT2D eigenvalue weighted by Gasteiger charge is 2.08. The van der Waals surface area contributed by atoms with E-state index in [0.717, 1.165) is 39.4 Å². The van der Waals surface area contributed by atoms with Crippen molar-refractivity contribution in [2.45, 2.75) is 40.2 Å². The number of likely N-dealkylation sites (N-methyl/N-ethyl adjacent to an activating group) is 1. The fourth-order valence-corrected chi connectivity index (χ4v) is 1.58. The molecule has 0 heterocycles. The topological polar surface area (TPSA) is 24.5 Å². The largest absolute Gasteiger partial charge is 0.380 e. The third kappa shape index (κ3) is 7.77. The summed E-state index contributed by atoms with van der Waals surface area (Å²) in [5, 5.41) is 3.40. The van der Waals surface area contributed by atoms with Crippen LogP contribution >= 0.6 is 0 Å². The molecule has 3 nitrogen and oxygen atoms in total. The molecule has 0 saturated carbocycles. The van der Waals surface area contributed by atoms with Gasteiger partial charge in [0, 0.05) is 32.3 Å². The van der Waals surface area contributed by atoms with E-state index in [1.807, 2.05) is 6.92 Å². The van der Waals surface area contributed by atoms with Crippen LogP contribution in [0.1, 0.15) is 34.1 Å². The second kappa shape index (κ2) is 10.4. The van der Waals surface area contributed by atoms with Gasteiger partial charge in [-0.15, -0.1) is 0 Å². The first-order valence-corrected chi connectivity index (χ1v) is 6.28. The summed E-state index contributed by atoms with van der Waals surface area (Å²) in [4.78, 5) is 2.51. The van der Waals surface area contributed by atoms with Crippen LogP contribution in [0, 0.1) is 0 Å². The highest BCUT2D eigenvalue weighted by molar-refractivity contribution is 4.65. The monoisotopic (exact) mass is 216 g/mol. The minimum atomic E-state index is 0.698. The molecule has 0 aliphatic rings. The second-order valence-corrected chi connectivity index (χ2v) is 3.83. The van der Waals surface area contributed by atoms with Gasteiger partial charge in [0.2, 0.25) is 0 Å². The van der Waals surface area contributed by atoms with Crippen LogP contribution < -0.4 is 5.32 Å². The quantitative estimate of drug-likeness (QED) is 0.563. The molecule has 1 atom stereocenters. The van der Waals surface area contributed by atoms with Gasteiger partial charge in [-0.1, -0.05) is 13.8 Å². The van der Waals surface area contributed by atoms with E-state index in [2.05, 4.69) is 31.0 Å². The first-order chi connectivity index (χ1) is 7.26. The van der Waals surface area contributed by atoms with Gasteiger partial charge in [-0.2, -0.15) is 0 Å². The van der Waals surface area contributed by atoms with E-state index in [1.165, 1.54) is 6.42 Å². The van der Waals surface area contributed by atoms with Crippen molar-refractivity contribution >= 4 is 0 Å². The number of nitrogens with one attached hydrogen (secondary N) is 1. The lowest BCUT2D eigenvalue weighted by molar-refractivity contribution is 0.147. The lowest BCUT2D eigenvalue weighted by Crippen LogP contribution is -2.38. The second-order valence-electron chi connectivity index (χ2n) is 3.83. The van der Waals surface area contributed by atoms with E-state index in [1.54, 1.807) is 0 Å². The van der Waals surface area contributed by atoms with E-state index in [9.17, 15) is 0 Å². The fourth-order valence-electron chi connectivity index (χ4n) is 1.58. The number of ether oxygens (including phenoxy) is 1. The summed E-state index contributed by atoms with van der Waals surface area (Å²) in [6, 6.07) is 0.698. The Balaban J connectivity index is 3.38. The Labute approximate surface area is 95.2 Å². The third-order valence-corrected chi connectivity index (χ3v) is 2.82. The SMILES string of the molecule is CCOCCNCCN(CC)C(C)CC. The number of nitrogens with zero attached hydrogens (tertiary/aromatic N) is 1. The minimum absolute atomic E-state index is 0.698. The van der Waals surface area contributed by atoms with E-state index >= 15 is 0 Å². The third-order valence-electron chi connectivity index (χ3n) is 2.82. The van der Waals surface area contributed by atoms with Gasteiger partial charge in [0.05, 0.1) is 6.61 Å². The molecule has 0 fully saturated rings.